The fourth-order valence-electron chi connectivity index (χ4n) is 3.76. The summed E-state index contributed by atoms with van der Waals surface area (Å²) in [5.74, 6) is 0.947. The zero-order valence-corrected chi connectivity index (χ0v) is 18.9. The molecule has 2 N–H and O–H groups in total. The number of nitrogens with one attached hydrogen (secondary N) is 1. The molecule has 0 amide bonds. The van der Waals surface area contributed by atoms with E-state index in [0.29, 0.717) is 34.9 Å². The molecule has 0 saturated carbocycles. The summed E-state index contributed by atoms with van der Waals surface area (Å²) < 4.78 is 18.1. The molecule has 1 aromatic carbocycles. The third-order valence-electron chi connectivity index (χ3n) is 5.47. The molecule has 0 unspecified atom stereocenters. The van der Waals surface area contributed by atoms with Gasteiger partial charge in [-0.3, -0.25) is 4.57 Å². The highest BCUT2D eigenvalue weighted by atomic mass is 19.1. The van der Waals surface area contributed by atoms with Crippen molar-refractivity contribution in [3.8, 4) is 17.7 Å². The van der Waals surface area contributed by atoms with E-state index < -0.39 is 5.82 Å². The van der Waals surface area contributed by atoms with E-state index in [0.717, 1.165) is 17.0 Å². The Morgan fingerprint density at radius 3 is 2.69 bits per heavy atom. The van der Waals surface area contributed by atoms with Gasteiger partial charge in [0.1, 0.15) is 24.0 Å². The molecule has 0 saturated heterocycles. The SMILES string of the molecule is Cc1ccc(Nc2cc3c(cc2F)ncn3-c2ccc(CCO)c(-n3nc(C#N)cc3C)n2)nn1. The highest BCUT2D eigenvalue weighted by Gasteiger charge is 2.16. The Hall–Kier alpha value is -4.69. The Balaban J connectivity index is 1.61. The number of aromatic nitrogens is 7. The molecule has 0 atom stereocenters. The molecule has 5 rings (SSSR count). The molecular weight excluding hydrogens is 449 g/mol. The van der Waals surface area contributed by atoms with Gasteiger partial charge >= 0.3 is 0 Å². The van der Waals surface area contributed by atoms with E-state index in [9.17, 15) is 14.8 Å². The number of aliphatic hydroxyl groups is 1. The van der Waals surface area contributed by atoms with Gasteiger partial charge in [-0.1, -0.05) is 6.07 Å². The molecular formula is C24H20FN9O. The summed E-state index contributed by atoms with van der Waals surface area (Å²) >= 11 is 0. The average Bonchev–Trinajstić information content (AvgIpc) is 3.44. The van der Waals surface area contributed by atoms with Crippen LogP contribution in [0.5, 0.6) is 0 Å². The molecule has 0 spiro atoms. The molecule has 10 nitrogen and oxygen atoms in total. The number of anilines is 2. The first-order valence-corrected chi connectivity index (χ1v) is 10.8. The van der Waals surface area contributed by atoms with Crippen molar-refractivity contribution >= 4 is 22.5 Å². The molecule has 0 aliphatic heterocycles. The van der Waals surface area contributed by atoms with E-state index in [1.54, 1.807) is 45.9 Å². The fraction of sp³-hybridized carbons (Fsp3) is 0.167. The Morgan fingerprint density at radius 1 is 1.11 bits per heavy atom. The standard InChI is InChI=1S/C24H20FN9O/c1-14-3-5-22(31-30-14)28-19-11-21-20(10-18(19)25)27-13-33(21)23-6-4-16(7-8-35)24(29-23)34-15(2)9-17(12-26)32-34/h3-6,9-11,13,35H,7-8H2,1-2H3,(H,28,31). The van der Waals surface area contributed by atoms with Crippen LogP contribution in [0.3, 0.4) is 0 Å². The number of aliphatic hydroxyl groups excluding tert-OH is 1. The number of rotatable bonds is 6. The van der Waals surface area contributed by atoms with Crippen molar-refractivity contribution < 1.29 is 9.50 Å². The first-order chi connectivity index (χ1) is 17.0. The van der Waals surface area contributed by atoms with Crippen molar-refractivity contribution in [1.82, 2.24) is 34.5 Å². The largest absolute Gasteiger partial charge is 0.396 e. The number of benzene rings is 1. The van der Waals surface area contributed by atoms with Gasteiger partial charge in [-0.05, 0) is 56.2 Å². The molecule has 35 heavy (non-hydrogen) atoms. The maximum absolute atomic E-state index is 14.8. The maximum Gasteiger partial charge on any atom is 0.163 e. The van der Waals surface area contributed by atoms with Crippen LogP contribution in [0, 0.1) is 31.0 Å². The van der Waals surface area contributed by atoms with Crippen LogP contribution in [0.1, 0.15) is 22.6 Å². The number of halogens is 1. The first kappa shape index (κ1) is 22.1. The van der Waals surface area contributed by atoms with E-state index in [1.807, 2.05) is 26.0 Å². The second-order valence-electron chi connectivity index (χ2n) is 7.94. The van der Waals surface area contributed by atoms with Gasteiger partial charge in [0.15, 0.2) is 17.3 Å². The number of fused-ring (bicyclic) bond motifs is 1. The second-order valence-corrected chi connectivity index (χ2v) is 7.94. The van der Waals surface area contributed by atoms with Gasteiger partial charge in [-0.15, -0.1) is 5.10 Å². The Labute approximate surface area is 199 Å². The molecule has 0 radical (unpaired) electrons. The average molecular weight is 469 g/mol. The summed E-state index contributed by atoms with van der Waals surface area (Å²) in [6, 6.07) is 13.8. The Kier molecular flexibility index (Phi) is 5.64. The summed E-state index contributed by atoms with van der Waals surface area (Å²) in [4.78, 5) is 9.11. The van der Waals surface area contributed by atoms with Gasteiger partial charge in [0.25, 0.3) is 0 Å². The van der Waals surface area contributed by atoms with Crippen LogP contribution in [0.25, 0.3) is 22.7 Å². The van der Waals surface area contributed by atoms with Crippen molar-refractivity contribution in [2.24, 2.45) is 0 Å². The van der Waals surface area contributed by atoms with Crippen LogP contribution in [0.4, 0.5) is 15.9 Å². The van der Waals surface area contributed by atoms with Crippen LogP contribution in [0.2, 0.25) is 0 Å². The van der Waals surface area contributed by atoms with Crippen LogP contribution < -0.4 is 5.32 Å². The monoisotopic (exact) mass is 469 g/mol. The predicted octanol–water partition coefficient (Wildman–Crippen LogP) is 3.30. The van der Waals surface area contributed by atoms with Crippen molar-refractivity contribution in [2.45, 2.75) is 20.3 Å². The van der Waals surface area contributed by atoms with Crippen LogP contribution >= 0.6 is 0 Å². The van der Waals surface area contributed by atoms with Gasteiger partial charge in [0.05, 0.1) is 22.4 Å². The number of hydrogen-bond donors (Lipinski definition) is 2. The number of imidazole rings is 1. The number of nitriles is 1. The lowest BCUT2D eigenvalue weighted by atomic mass is 10.2. The quantitative estimate of drug-likeness (QED) is 0.387. The van der Waals surface area contributed by atoms with E-state index >= 15 is 0 Å². The van der Waals surface area contributed by atoms with Crippen LogP contribution in [0.15, 0.2) is 48.8 Å². The maximum atomic E-state index is 14.8. The van der Waals surface area contributed by atoms with E-state index in [4.69, 9.17) is 4.98 Å². The second kappa shape index (κ2) is 8.92. The van der Waals surface area contributed by atoms with Crippen molar-refractivity contribution in [2.75, 3.05) is 11.9 Å². The van der Waals surface area contributed by atoms with E-state index in [-0.39, 0.29) is 18.0 Å². The molecule has 4 heterocycles. The lowest BCUT2D eigenvalue weighted by Crippen LogP contribution is -2.10. The molecule has 0 fully saturated rings. The molecule has 5 aromatic rings. The topological polar surface area (TPSA) is 130 Å². The highest BCUT2D eigenvalue weighted by Crippen LogP contribution is 2.27. The normalized spacial score (nSPS) is 11.1. The van der Waals surface area contributed by atoms with Gasteiger partial charge < -0.3 is 10.4 Å². The molecule has 4 aromatic heterocycles. The summed E-state index contributed by atoms with van der Waals surface area (Å²) in [5, 5.41) is 34.1. The minimum Gasteiger partial charge on any atom is -0.396 e. The Morgan fingerprint density at radius 2 is 1.97 bits per heavy atom. The number of nitrogens with zero attached hydrogens (tertiary/aromatic N) is 8. The number of aryl methyl sites for hydroxylation is 2. The minimum atomic E-state index is -0.478. The third-order valence-corrected chi connectivity index (χ3v) is 5.47. The number of pyridine rings is 1. The molecule has 0 bridgehead atoms. The molecule has 0 aliphatic rings. The van der Waals surface area contributed by atoms with Crippen molar-refractivity contribution in [3.63, 3.8) is 0 Å². The highest BCUT2D eigenvalue weighted by molar-refractivity contribution is 5.82. The molecule has 174 valence electrons. The van der Waals surface area contributed by atoms with E-state index in [1.165, 1.54) is 6.07 Å². The zero-order valence-electron chi connectivity index (χ0n) is 18.9. The zero-order chi connectivity index (χ0) is 24.5. The summed E-state index contributed by atoms with van der Waals surface area (Å²) in [5.41, 5.74) is 3.81. The third kappa shape index (κ3) is 4.18. The van der Waals surface area contributed by atoms with Crippen LogP contribution in [-0.2, 0) is 6.42 Å². The predicted molar refractivity (Wildman–Crippen MR) is 126 cm³/mol. The van der Waals surface area contributed by atoms with Gasteiger partial charge in [-0.25, -0.2) is 19.0 Å². The lowest BCUT2D eigenvalue weighted by molar-refractivity contribution is 0.299. The molecule has 0 aliphatic carbocycles. The molecule has 11 heteroatoms. The fourth-order valence-corrected chi connectivity index (χ4v) is 3.76. The smallest absolute Gasteiger partial charge is 0.163 e. The summed E-state index contributed by atoms with van der Waals surface area (Å²) in [6.45, 7) is 3.58. The number of hydrogen-bond acceptors (Lipinski definition) is 8. The minimum absolute atomic E-state index is 0.0658. The van der Waals surface area contributed by atoms with Crippen molar-refractivity contribution in [3.05, 3.63) is 77.3 Å². The first-order valence-electron chi connectivity index (χ1n) is 10.8. The van der Waals surface area contributed by atoms with Crippen LogP contribution in [-0.4, -0.2) is 46.2 Å². The van der Waals surface area contributed by atoms with Crippen molar-refractivity contribution in [1.29, 1.82) is 5.26 Å². The van der Waals surface area contributed by atoms with Gasteiger partial charge in [-0.2, -0.15) is 15.5 Å². The van der Waals surface area contributed by atoms with Gasteiger partial charge in [0.2, 0.25) is 0 Å². The van der Waals surface area contributed by atoms with Gasteiger partial charge in [0, 0.05) is 18.4 Å². The summed E-state index contributed by atoms with van der Waals surface area (Å²) in [6.07, 6.45) is 1.93. The van der Waals surface area contributed by atoms with E-state index in [2.05, 4.69) is 25.6 Å². The lowest BCUT2D eigenvalue weighted by Gasteiger charge is -2.13. The Bertz CT molecular complexity index is 1580. The summed E-state index contributed by atoms with van der Waals surface area (Å²) in [7, 11) is 0.